The quantitative estimate of drug-likeness (QED) is 0.489. The van der Waals surface area contributed by atoms with Crippen molar-refractivity contribution in [2.75, 3.05) is 23.8 Å². The van der Waals surface area contributed by atoms with Crippen LogP contribution in [0.2, 0.25) is 0 Å². The zero-order valence-corrected chi connectivity index (χ0v) is 16.4. The molecular weight excluding hydrogens is 378 g/mol. The fraction of sp³-hybridized carbons (Fsp3) is 0.300. The van der Waals surface area contributed by atoms with Gasteiger partial charge in [-0.3, -0.25) is 19.7 Å². The Morgan fingerprint density at radius 3 is 2.45 bits per heavy atom. The Bertz CT molecular complexity index is 898. The van der Waals surface area contributed by atoms with E-state index in [9.17, 15) is 19.7 Å². The molecule has 0 bridgehead atoms. The van der Waals surface area contributed by atoms with Gasteiger partial charge in [0.25, 0.3) is 11.6 Å². The van der Waals surface area contributed by atoms with Gasteiger partial charge in [-0.05, 0) is 31.2 Å². The summed E-state index contributed by atoms with van der Waals surface area (Å²) in [5.74, 6) is -0.150. The van der Waals surface area contributed by atoms with E-state index in [1.807, 2.05) is 0 Å². The summed E-state index contributed by atoms with van der Waals surface area (Å²) in [4.78, 5) is 34.6. The van der Waals surface area contributed by atoms with Crippen molar-refractivity contribution in [2.45, 2.75) is 20.8 Å². The summed E-state index contributed by atoms with van der Waals surface area (Å²) in [5, 5.41) is 16.4. The van der Waals surface area contributed by atoms with E-state index in [2.05, 4.69) is 10.6 Å². The van der Waals surface area contributed by atoms with Crippen LogP contribution in [0.25, 0.3) is 0 Å². The van der Waals surface area contributed by atoms with Crippen LogP contribution in [-0.4, -0.2) is 30.0 Å². The molecule has 9 heteroatoms. The van der Waals surface area contributed by atoms with Crippen molar-refractivity contribution in [3.05, 3.63) is 52.6 Å². The molecule has 29 heavy (non-hydrogen) atoms. The number of nitro groups is 1. The summed E-state index contributed by atoms with van der Waals surface area (Å²) in [6.07, 6.45) is 0. The van der Waals surface area contributed by atoms with Gasteiger partial charge in [-0.2, -0.15) is 0 Å². The van der Waals surface area contributed by atoms with Gasteiger partial charge >= 0.3 is 0 Å². The number of benzene rings is 2. The second-order valence-corrected chi connectivity index (χ2v) is 6.38. The second-order valence-electron chi connectivity index (χ2n) is 6.38. The second kappa shape index (κ2) is 10.1. The summed E-state index contributed by atoms with van der Waals surface area (Å²) in [5.41, 5.74) is 0.316. The Hall–Kier alpha value is -3.62. The molecule has 0 saturated carbocycles. The van der Waals surface area contributed by atoms with Crippen LogP contribution < -0.4 is 20.1 Å². The minimum Gasteiger partial charge on any atom is -0.494 e. The van der Waals surface area contributed by atoms with Crippen LogP contribution in [0.1, 0.15) is 20.8 Å². The number of rotatable bonds is 9. The lowest BCUT2D eigenvalue weighted by Gasteiger charge is -2.11. The molecule has 0 aromatic heterocycles. The van der Waals surface area contributed by atoms with Gasteiger partial charge in [0.15, 0.2) is 6.61 Å². The third-order valence-corrected chi connectivity index (χ3v) is 3.75. The van der Waals surface area contributed by atoms with Gasteiger partial charge in [0.1, 0.15) is 17.2 Å². The lowest BCUT2D eigenvalue weighted by molar-refractivity contribution is -0.384. The number of hydrogen-bond donors (Lipinski definition) is 2. The Kier molecular flexibility index (Phi) is 7.53. The van der Waals surface area contributed by atoms with Crippen molar-refractivity contribution in [2.24, 2.45) is 5.92 Å². The summed E-state index contributed by atoms with van der Waals surface area (Å²) in [6, 6.07) is 10.8. The number of nitrogens with zero attached hydrogens (tertiary/aromatic N) is 1. The van der Waals surface area contributed by atoms with E-state index in [0.29, 0.717) is 23.8 Å². The van der Waals surface area contributed by atoms with Gasteiger partial charge in [-0.1, -0.05) is 19.9 Å². The standard InChI is InChI=1S/C20H23N3O6/c1-4-28-16-8-9-17(18(11-16)23(26)27)22-19(24)12-29-15-7-5-6-14(10-15)21-20(25)13(2)3/h5-11,13H,4,12H2,1-3H3,(H,21,25)(H,22,24). The average molecular weight is 401 g/mol. The van der Waals surface area contributed by atoms with Crippen LogP contribution in [0.4, 0.5) is 17.1 Å². The predicted molar refractivity (Wildman–Crippen MR) is 108 cm³/mol. The topological polar surface area (TPSA) is 120 Å². The molecule has 0 aliphatic rings. The number of nitrogens with one attached hydrogen (secondary N) is 2. The lowest BCUT2D eigenvalue weighted by atomic mass is 10.2. The first-order valence-corrected chi connectivity index (χ1v) is 9.05. The molecule has 2 rings (SSSR count). The molecule has 2 aromatic carbocycles. The molecule has 2 aromatic rings. The Balaban J connectivity index is 2.00. The van der Waals surface area contributed by atoms with Crippen LogP contribution in [0.3, 0.4) is 0 Å². The molecule has 154 valence electrons. The maximum absolute atomic E-state index is 12.2. The predicted octanol–water partition coefficient (Wildman–Crippen LogP) is 3.61. The lowest BCUT2D eigenvalue weighted by Crippen LogP contribution is -2.21. The molecular formula is C20H23N3O6. The molecule has 0 aliphatic heterocycles. The van der Waals surface area contributed by atoms with Crippen LogP contribution in [0.5, 0.6) is 11.5 Å². The molecule has 2 N–H and O–H groups in total. The number of amides is 2. The van der Waals surface area contributed by atoms with E-state index in [4.69, 9.17) is 9.47 Å². The van der Waals surface area contributed by atoms with Gasteiger partial charge in [0, 0.05) is 17.7 Å². The first kappa shape index (κ1) is 21.7. The van der Waals surface area contributed by atoms with Gasteiger partial charge in [0.2, 0.25) is 5.91 Å². The molecule has 0 fully saturated rings. The highest BCUT2D eigenvalue weighted by atomic mass is 16.6. The van der Waals surface area contributed by atoms with Gasteiger partial charge in [-0.15, -0.1) is 0 Å². The summed E-state index contributed by atoms with van der Waals surface area (Å²) < 4.78 is 10.7. The molecule has 0 spiro atoms. The SMILES string of the molecule is CCOc1ccc(NC(=O)COc2cccc(NC(=O)C(C)C)c2)c([N+](=O)[O-])c1. The van der Waals surface area contributed by atoms with Crippen molar-refractivity contribution in [1.29, 1.82) is 0 Å². The largest absolute Gasteiger partial charge is 0.494 e. The van der Waals surface area contributed by atoms with Crippen molar-refractivity contribution < 1.29 is 24.0 Å². The molecule has 0 unspecified atom stereocenters. The minimum absolute atomic E-state index is 0.0463. The molecule has 0 heterocycles. The number of nitro benzene ring substituents is 1. The normalized spacial score (nSPS) is 10.3. The molecule has 0 saturated heterocycles. The van der Waals surface area contributed by atoms with Crippen molar-refractivity contribution in [3.8, 4) is 11.5 Å². The number of carbonyl (C=O) groups excluding carboxylic acids is 2. The first-order chi connectivity index (χ1) is 13.8. The highest BCUT2D eigenvalue weighted by Crippen LogP contribution is 2.29. The van der Waals surface area contributed by atoms with E-state index in [0.717, 1.165) is 0 Å². The summed E-state index contributed by atoms with van der Waals surface area (Å²) in [7, 11) is 0. The van der Waals surface area contributed by atoms with E-state index >= 15 is 0 Å². The Morgan fingerprint density at radius 2 is 1.79 bits per heavy atom. The summed E-state index contributed by atoms with van der Waals surface area (Å²) >= 11 is 0. The zero-order valence-electron chi connectivity index (χ0n) is 16.4. The third-order valence-electron chi connectivity index (χ3n) is 3.75. The van der Waals surface area contributed by atoms with Crippen LogP contribution in [0.15, 0.2) is 42.5 Å². The molecule has 0 atom stereocenters. The number of carbonyl (C=O) groups is 2. The molecule has 9 nitrogen and oxygen atoms in total. The Morgan fingerprint density at radius 1 is 1.07 bits per heavy atom. The third kappa shape index (κ3) is 6.49. The van der Waals surface area contributed by atoms with Crippen LogP contribution in [-0.2, 0) is 9.59 Å². The van der Waals surface area contributed by atoms with Crippen molar-refractivity contribution >= 4 is 28.9 Å². The Labute approximate surface area is 168 Å². The van der Waals surface area contributed by atoms with Crippen molar-refractivity contribution in [1.82, 2.24) is 0 Å². The number of ether oxygens (including phenoxy) is 2. The van der Waals surface area contributed by atoms with Crippen LogP contribution in [0, 0.1) is 16.0 Å². The van der Waals surface area contributed by atoms with Crippen LogP contribution >= 0.6 is 0 Å². The molecule has 0 aliphatic carbocycles. The number of hydrogen-bond acceptors (Lipinski definition) is 6. The fourth-order valence-electron chi connectivity index (χ4n) is 2.31. The minimum atomic E-state index is -0.597. The first-order valence-electron chi connectivity index (χ1n) is 9.05. The molecule has 2 amide bonds. The highest BCUT2D eigenvalue weighted by molar-refractivity contribution is 5.94. The average Bonchev–Trinajstić information content (AvgIpc) is 2.68. The van der Waals surface area contributed by atoms with Gasteiger partial charge in [-0.25, -0.2) is 0 Å². The van der Waals surface area contributed by atoms with E-state index in [1.54, 1.807) is 45.0 Å². The smallest absolute Gasteiger partial charge is 0.296 e. The van der Waals surface area contributed by atoms with E-state index in [-0.39, 0.29) is 29.8 Å². The monoisotopic (exact) mass is 401 g/mol. The van der Waals surface area contributed by atoms with Crippen molar-refractivity contribution in [3.63, 3.8) is 0 Å². The summed E-state index contributed by atoms with van der Waals surface area (Å²) in [6.45, 7) is 5.34. The van der Waals surface area contributed by atoms with E-state index < -0.39 is 10.8 Å². The highest BCUT2D eigenvalue weighted by Gasteiger charge is 2.17. The molecule has 0 radical (unpaired) electrons. The van der Waals surface area contributed by atoms with Gasteiger partial charge < -0.3 is 20.1 Å². The maximum Gasteiger partial charge on any atom is 0.296 e. The zero-order chi connectivity index (χ0) is 21.4. The maximum atomic E-state index is 12.2. The van der Waals surface area contributed by atoms with E-state index in [1.165, 1.54) is 18.2 Å². The van der Waals surface area contributed by atoms with Gasteiger partial charge in [0.05, 0.1) is 17.6 Å². The fourth-order valence-corrected chi connectivity index (χ4v) is 2.31. The number of anilines is 2.